The lowest BCUT2D eigenvalue weighted by Crippen LogP contribution is -1.96. The minimum atomic E-state index is 0.952. The van der Waals surface area contributed by atoms with Crippen LogP contribution in [0.1, 0.15) is 0 Å². The first-order valence-corrected chi connectivity index (χ1v) is 18.7. The van der Waals surface area contributed by atoms with E-state index in [1.807, 2.05) is 12.1 Å². The number of benzene rings is 7. The standard InChI is InChI=1S/C52H35N3/c1-6-17-36(18-7-1)47-33-45(34-48(53-47)37-19-8-2-9-20-37)42-28-16-27-41(31-42)43-29-30-44-35-49(38-21-10-3-11-22-38)55-52(46(44)32-43)50(39-23-12-4-13-24-39)51(54-55)40-25-14-5-15-26-40/h1-35H. The second-order valence-electron chi connectivity index (χ2n) is 13.9. The molecule has 0 saturated heterocycles. The summed E-state index contributed by atoms with van der Waals surface area (Å²) < 4.78 is 2.16. The highest BCUT2D eigenvalue weighted by Crippen LogP contribution is 2.42. The maximum Gasteiger partial charge on any atom is 0.101 e. The fraction of sp³-hybridized carbons (Fsp3) is 0. The lowest BCUT2D eigenvalue weighted by Gasteiger charge is -2.13. The number of hydrogen-bond donors (Lipinski definition) is 0. The third-order valence-electron chi connectivity index (χ3n) is 10.4. The Balaban J connectivity index is 1.19. The van der Waals surface area contributed by atoms with E-state index in [9.17, 15) is 0 Å². The van der Waals surface area contributed by atoms with Crippen LogP contribution in [0.15, 0.2) is 212 Å². The zero-order valence-electron chi connectivity index (χ0n) is 30.0. The van der Waals surface area contributed by atoms with Crippen molar-refractivity contribution >= 4 is 16.3 Å². The highest BCUT2D eigenvalue weighted by Gasteiger charge is 2.22. The van der Waals surface area contributed by atoms with Crippen molar-refractivity contribution in [2.45, 2.75) is 0 Å². The van der Waals surface area contributed by atoms with Gasteiger partial charge in [-0.15, -0.1) is 0 Å². The van der Waals surface area contributed by atoms with E-state index < -0.39 is 0 Å². The highest BCUT2D eigenvalue weighted by molar-refractivity contribution is 6.09. The molecule has 0 bridgehead atoms. The Labute approximate surface area is 320 Å². The van der Waals surface area contributed by atoms with E-state index in [1.54, 1.807) is 0 Å². The van der Waals surface area contributed by atoms with Crippen LogP contribution in [0, 0.1) is 0 Å². The second-order valence-corrected chi connectivity index (χ2v) is 13.9. The fourth-order valence-corrected chi connectivity index (χ4v) is 7.70. The molecule has 0 aliphatic carbocycles. The molecule has 3 heteroatoms. The SMILES string of the molecule is c1ccc(-c2cc(-c3cccc(-c4ccc5cc(-c6ccccc6)n6nc(-c7ccccc7)c(-c7ccccc7)c6c5c4)c3)cc(-c3ccccc3)n2)cc1. The van der Waals surface area contributed by atoms with Crippen LogP contribution >= 0.6 is 0 Å². The zero-order valence-corrected chi connectivity index (χ0v) is 30.0. The van der Waals surface area contributed by atoms with Crippen molar-refractivity contribution in [3.05, 3.63) is 212 Å². The first-order chi connectivity index (χ1) is 27.3. The van der Waals surface area contributed by atoms with E-state index in [1.165, 1.54) is 0 Å². The average molecular weight is 702 g/mol. The fourth-order valence-electron chi connectivity index (χ4n) is 7.70. The molecule has 10 rings (SSSR count). The Morgan fingerprint density at radius 3 is 1.38 bits per heavy atom. The molecule has 0 spiro atoms. The molecule has 0 radical (unpaired) electrons. The smallest absolute Gasteiger partial charge is 0.101 e. The zero-order chi connectivity index (χ0) is 36.6. The van der Waals surface area contributed by atoms with Crippen LogP contribution in [0.5, 0.6) is 0 Å². The normalized spacial score (nSPS) is 11.3. The Hall–Kier alpha value is -7.36. The van der Waals surface area contributed by atoms with Crippen molar-refractivity contribution in [3.63, 3.8) is 0 Å². The van der Waals surface area contributed by atoms with Gasteiger partial charge < -0.3 is 0 Å². The van der Waals surface area contributed by atoms with Crippen molar-refractivity contribution < 1.29 is 0 Å². The van der Waals surface area contributed by atoms with E-state index in [0.717, 1.165) is 94.7 Å². The van der Waals surface area contributed by atoms with Gasteiger partial charge in [-0.2, -0.15) is 5.10 Å². The molecular formula is C52H35N3. The minimum Gasteiger partial charge on any atom is -0.248 e. The lowest BCUT2D eigenvalue weighted by atomic mass is 9.93. The van der Waals surface area contributed by atoms with Gasteiger partial charge in [-0.3, -0.25) is 0 Å². The molecule has 0 atom stereocenters. The molecule has 10 aromatic rings. The summed E-state index contributed by atoms with van der Waals surface area (Å²) in [6.45, 7) is 0. The molecule has 3 aromatic heterocycles. The molecule has 55 heavy (non-hydrogen) atoms. The Morgan fingerprint density at radius 2 is 0.800 bits per heavy atom. The van der Waals surface area contributed by atoms with Crippen molar-refractivity contribution in [2.24, 2.45) is 0 Å². The Kier molecular flexibility index (Phi) is 8.16. The molecule has 0 saturated carbocycles. The summed E-state index contributed by atoms with van der Waals surface area (Å²) in [4.78, 5) is 5.12. The highest BCUT2D eigenvalue weighted by atomic mass is 15.2. The van der Waals surface area contributed by atoms with E-state index in [4.69, 9.17) is 10.1 Å². The summed E-state index contributed by atoms with van der Waals surface area (Å²) in [5.41, 5.74) is 16.2. The summed E-state index contributed by atoms with van der Waals surface area (Å²) in [7, 11) is 0. The molecule has 3 heterocycles. The van der Waals surface area contributed by atoms with Crippen LogP contribution in [0.4, 0.5) is 0 Å². The van der Waals surface area contributed by atoms with Gasteiger partial charge in [0.2, 0.25) is 0 Å². The molecule has 0 unspecified atom stereocenters. The summed E-state index contributed by atoms with van der Waals surface area (Å²) >= 11 is 0. The largest absolute Gasteiger partial charge is 0.248 e. The molecule has 0 aliphatic rings. The predicted molar refractivity (Wildman–Crippen MR) is 229 cm³/mol. The molecule has 0 aliphatic heterocycles. The van der Waals surface area contributed by atoms with Crippen molar-refractivity contribution in [1.82, 2.24) is 14.6 Å². The molecule has 0 amide bonds. The summed E-state index contributed by atoms with van der Waals surface area (Å²) in [5.74, 6) is 0. The van der Waals surface area contributed by atoms with Gasteiger partial charge in [0.1, 0.15) is 5.69 Å². The van der Waals surface area contributed by atoms with Gasteiger partial charge in [0.25, 0.3) is 0 Å². The number of hydrogen-bond acceptors (Lipinski definition) is 2. The van der Waals surface area contributed by atoms with Crippen LogP contribution in [-0.2, 0) is 0 Å². The molecular weight excluding hydrogens is 667 g/mol. The predicted octanol–water partition coefficient (Wildman–Crippen LogP) is 13.6. The summed E-state index contributed by atoms with van der Waals surface area (Å²) in [6.07, 6.45) is 0. The Morgan fingerprint density at radius 1 is 0.327 bits per heavy atom. The van der Waals surface area contributed by atoms with Gasteiger partial charge in [-0.05, 0) is 63.5 Å². The Bertz CT molecular complexity index is 2880. The van der Waals surface area contributed by atoms with Crippen LogP contribution in [0.25, 0.3) is 94.7 Å². The molecule has 7 aromatic carbocycles. The van der Waals surface area contributed by atoms with Crippen molar-refractivity contribution in [1.29, 1.82) is 0 Å². The first kappa shape index (κ1) is 32.3. The monoisotopic (exact) mass is 701 g/mol. The van der Waals surface area contributed by atoms with Gasteiger partial charge in [-0.25, -0.2) is 9.50 Å². The molecule has 3 nitrogen and oxygen atoms in total. The maximum absolute atomic E-state index is 5.42. The second kappa shape index (κ2) is 13.9. The first-order valence-electron chi connectivity index (χ1n) is 18.7. The van der Waals surface area contributed by atoms with Crippen molar-refractivity contribution in [2.75, 3.05) is 0 Å². The van der Waals surface area contributed by atoms with Gasteiger partial charge in [0.15, 0.2) is 0 Å². The molecule has 0 fully saturated rings. The lowest BCUT2D eigenvalue weighted by molar-refractivity contribution is 0.979. The average Bonchev–Trinajstić information content (AvgIpc) is 3.69. The van der Waals surface area contributed by atoms with Crippen LogP contribution in [0.3, 0.4) is 0 Å². The third-order valence-corrected chi connectivity index (χ3v) is 10.4. The summed E-state index contributed by atoms with van der Waals surface area (Å²) in [6, 6.07) is 75.1. The van der Waals surface area contributed by atoms with E-state index in [-0.39, 0.29) is 0 Å². The topological polar surface area (TPSA) is 30.2 Å². The molecule has 0 N–H and O–H groups in total. The van der Waals surface area contributed by atoms with E-state index in [2.05, 4.69) is 205 Å². The maximum atomic E-state index is 5.42. The third kappa shape index (κ3) is 6.08. The van der Waals surface area contributed by atoms with Crippen LogP contribution in [0.2, 0.25) is 0 Å². The van der Waals surface area contributed by atoms with Gasteiger partial charge >= 0.3 is 0 Å². The van der Waals surface area contributed by atoms with Gasteiger partial charge in [0, 0.05) is 33.2 Å². The van der Waals surface area contributed by atoms with E-state index >= 15 is 0 Å². The van der Waals surface area contributed by atoms with Crippen LogP contribution in [-0.4, -0.2) is 14.6 Å². The number of pyridine rings is 2. The van der Waals surface area contributed by atoms with Crippen molar-refractivity contribution in [3.8, 4) is 78.4 Å². The van der Waals surface area contributed by atoms with Gasteiger partial charge in [-0.1, -0.05) is 182 Å². The minimum absolute atomic E-state index is 0.952. The van der Waals surface area contributed by atoms with Gasteiger partial charge in [0.05, 0.1) is 22.6 Å². The number of aromatic nitrogens is 3. The number of fused-ring (bicyclic) bond motifs is 3. The number of nitrogens with zero attached hydrogens (tertiary/aromatic N) is 3. The van der Waals surface area contributed by atoms with Crippen LogP contribution < -0.4 is 0 Å². The summed E-state index contributed by atoms with van der Waals surface area (Å²) in [5, 5.41) is 7.73. The molecule has 258 valence electrons. The van der Waals surface area contributed by atoms with E-state index in [0.29, 0.717) is 0 Å². The number of rotatable bonds is 7. The quantitative estimate of drug-likeness (QED) is 0.166.